The van der Waals surface area contributed by atoms with Crippen molar-refractivity contribution < 1.29 is 19.0 Å². The standard InChI is InChI=1S/C18H22N6O3/c1-23-6-2-4-12(10-23)17(26)22-14(8-13-9-20-11-21-13)18(27)24-7-3-5-15(24)16(19)25/h2,4,6,9-11,14-15H,3,5,7-8H2,1H3,(H3-,19,20,21,22,25,26)/t14-,15-/m0/s1. The van der Waals surface area contributed by atoms with Crippen LogP contribution in [0.2, 0.25) is 0 Å². The maximum Gasteiger partial charge on any atom is 0.258 e. The van der Waals surface area contributed by atoms with Crippen LogP contribution >= 0.6 is 0 Å². The van der Waals surface area contributed by atoms with Crippen LogP contribution in [0.25, 0.3) is 0 Å². The maximum absolute atomic E-state index is 13.1. The van der Waals surface area contributed by atoms with E-state index in [-0.39, 0.29) is 18.2 Å². The van der Waals surface area contributed by atoms with E-state index in [2.05, 4.69) is 15.3 Å². The van der Waals surface area contributed by atoms with Crippen LogP contribution < -0.4 is 20.6 Å². The lowest BCUT2D eigenvalue weighted by Gasteiger charge is -2.28. The molecule has 1 fully saturated rings. The quantitative estimate of drug-likeness (QED) is 0.611. The van der Waals surface area contributed by atoms with Crippen LogP contribution in [0.15, 0.2) is 37.1 Å². The largest absolute Gasteiger partial charge is 0.450 e. The fourth-order valence-corrected chi connectivity index (χ4v) is 3.27. The van der Waals surface area contributed by atoms with Gasteiger partial charge in [0, 0.05) is 12.6 Å². The number of nitrogens with zero attached hydrogens (tertiary/aromatic N) is 4. The lowest BCUT2D eigenvalue weighted by molar-refractivity contribution is -0.671. The average molecular weight is 370 g/mol. The summed E-state index contributed by atoms with van der Waals surface area (Å²) in [5.74, 6) is -1.25. The fraction of sp³-hybridized carbons (Fsp3) is 0.389. The number of likely N-dealkylation sites (tertiary alicyclic amines) is 1. The zero-order valence-electron chi connectivity index (χ0n) is 15.0. The van der Waals surface area contributed by atoms with Crippen molar-refractivity contribution >= 4 is 17.7 Å². The van der Waals surface area contributed by atoms with Crippen molar-refractivity contribution in [1.82, 2.24) is 20.2 Å². The number of hydrogen-bond acceptors (Lipinski definition) is 4. The first-order valence-electron chi connectivity index (χ1n) is 8.73. The van der Waals surface area contributed by atoms with E-state index in [9.17, 15) is 14.4 Å². The van der Waals surface area contributed by atoms with Crippen LogP contribution in [0, 0.1) is 0 Å². The summed E-state index contributed by atoms with van der Waals surface area (Å²) in [6.07, 6.45) is 7.83. The summed E-state index contributed by atoms with van der Waals surface area (Å²) in [7, 11) is 1.81. The number of carbonyl (C=O) groups is 3. The molecule has 2 aromatic rings. The molecule has 0 radical (unpaired) electrons. The topological polar surface area (TPSA) is 123 Å². The van der Waals surface area contributed by atoms with Gasteiger partial charge in [0.1, 0.15) is 24.7 Å². The van der Waals surface area contributed by atoms with Crippen molar-refractivity contribution in [2.45, 2.75) is 31.3 Å². The van der Waals surface area contributed by atoms with Crippen LogP contribution in [-0.4, -0.2) is 46.2 Å². The Balaban J connectivity index is 1.81. The van der Waals surface area contributed by atoms with Gasteiger partial charge in [-0.25, -0.2) is 4.57 Å². The molecule has 3 amide bonds. The van der Waals surface area contributed by atoms with Gasteiger partial charge in [-0.1, -0.05) is 18.2 Å². The molecule has 142 valence electrons. The van der Waals surface area contributed by atoms with Crippen molar-refractivity contribution in [2.75, 3.05) is 6.54 Å². The number of primary amides is 1. The molecule has 3 rings (SSSR count). The molecule has 9 nitrogen and oxygen atoms in total. The van der Waals surface area contributed by atoms with Crippen molar-refractivity contribution in [3.8, 4) is 0 Å². The summed E-state index contributed by atoms with van der Waals surface area (Å²) in [4.78, 5) is 46.8. The van der Waals surface area contributed by atoms with Gasteiger partial charge in [0.05, 0.1) is 0 Å². The number of hydrogen-bond donors (Lipinski definition) is 2. The van der Waals surface area contributed by atoms with Gasteiger partial charge in [0.15, 0.2) is 12.4 Å². The molecular weight excluding hydrogens is 348 g/mol. The van der Waals surface area contributed by atoms with Crippen molar-refractivity contribution in [2.24, 2.45) is 12.8 Å². The second-order valence-electron chi connectivity index (χ2n) is 6.59. The van der Waals surface area contributed by atoms with Gasteiger partial charge < -0.3 is 25.9 Å². The highest BCUT2D eigenvalue weighted by Gasteiger charge is 2.36. The highest BCUT2D eigenvalue weighted by Crippen LogP contribution is 2.19. The summed E-state index contributed by atoms with van der Waals surface area (Å²) < 4.78 is 1.75. The monoisotopic (exact) mass is 370 g/mol. The number of aromatic nitrogens is 3. The number of nitrogens with one attached hydrogen (secondary N) is 1. The minimum Gasteiger partial charge on any atom is -0.450 e. The lowest BCUT2D eigenvalue weighted by atomic mass is 10.1. The van der Waals surface area contributed by atoms with E-state index < -0.39 is 18.0 Å². The molecule has 1 saturated heterocycles. The molecule has 2 atom stereocenters. The number of pyridine rings is 1. The first kappa shape index (κ1) is 18.6. The predicted octanol–water partition coefficient (Wildman–Crippen LogP) is -1.32. The van der Waals surface area contributed by atoms with E-state index in [4.69, 9.17) is 5.73 Å². The minimum atomic E-state index is -0.861. The second kappa shape index (κ2) is 7.98. The Morgan fingerprint density at radius 2 is 2.30 bits per heavy atom. The third-order valence-corrected chi connectivity index (χ3v) is 4.60. The van der Waals surface area contributed by atoms with Gasteiger partial charge in [0.2, 0.25) is 11.8 Å². The number of amides is 3. The number of carbonyl (C=O) groups excluding carboxylic acids is 3. The average Bonchev–Trinajstić information content (AvgIpc) is 3.32. The Morgan fingerprint density at radius 3 is 2.96 bits per heavy atom. The van der Waals surface area contributed by atoms with E-state index in [1.54, 1.807) is 42.3 Å². The second-order valence-corrected chi connectivity index (χ2v) is 6.59. The highest BCUT2D eigenvalue weighted by atomic mass is 16.2. The molecule has 2 aromatic heterocycles. The number of imidazole rings is 1. The van der Waals surface area contributed by atoms with Crippen LogP contribution in [0.4, 0.5) is 0 Å². The number of aryl methyl sites for hydroxylation is 1. The predicted molar refractivity (Wildman–Crippen MR) is 94.1 cm³/mol. The summed E-state index contributed by atoms with van der Waals surface area (Å²) in [5.41, 5.74) is 6.44. The maximum atomic E-state index is 13.1. The molecule has 3 heterocycles. The molecule has 1 aliphatic heterocycles. The summed E-state index contributed by atoms with van der Waals surface area (Å²) in [6, 6.07) is 1.91. The zero-order valence-corrected chi connectivity index (χ0v) is 15.0. The highest BCUT2D eigenvalue weighted by molar-refractivity contribution is 5.98. The number of rotatable bonds is 6. The number of nitrogens with two attached hydrogens (primary N) is 1. The summed E-state index contributed by atoms with van der Waals surface area (Å²) in [6.45, 7) is 0.436. The zero-order chi connectivity index (χ0) is 19.4. The molecule has 0 aromatic carbocycles. The molecule has 3 N–H and O–H groups in total. The van der Waals surface area contributed by atoms with Crippen molar-refractivity contribution in [3.05, 3.63) is 48.3 Å². The molecule has 1 aliphatic rings. The SMILES string of the molecule is C[n+]1cccc(C(=O)N[C@@H](Cc2c[n-]cn2)C(=O)N2CCC[C@H]2C(N)=O)c1. The van der Waals surface area contributed by atoms with Crippen LogP contribution in [0.3, 0.4) is 0 Å². The Labute approximate surface area is 156 Å². The normalized spacial score (nSPS) is 17.5. The smallest absolute Gasteiger partial charge is 0.258 e. The summed E-state index contributed by atoms with van der Waals surface area (Å²) >= 11 is 0. The van der Waals surface area contributed by atoms with Crippen molar-refractivity contribution in [3.63, 3.8) is 0 Å². The molecule has 0 aliphatic carbocycles. The van der Waals surface area contributed by atoms with Gasteiger partial charge in [-0.05, 0) is 25.3 Å². The Hall–Kier alpha value is -3.23. The molecule has 9 heteroatoms. The fourth-order valence-electron chi connectivity index (χ4n) is 3.27. The van der Waals surface area contributed by atoms with Crippen molar-refractivity contribution in [1.29, 1.82) is 0 Å². The lowest BCUT2D eigenvalue weighted by Crippen LogP contribution is -2.53. The molecular formula is C18H22N6O3. The van der Waals surface area contributed by atoms with E-state index in [0.29, 0.717) is 30.6 Å². The van der Waals surface area contributed by atoms with Gasteiger partial charge in [0.25, 0.3) is 5.91 Å². The van der Waals surface area contributed by atoms with E-state index in [1.807, 2.05) is 0 Å². The van der Waals surface area contributed by atoms with Gasteiger partial charge in [-0.3, -0.25) is 14.4 Å². The third kappa shape index (κ3) is 4.30. The Morgan fingerprint density at radius 1 is 1.48 bits per heavy atom. The van der Waals surface area contributed by atoms with E-state index >= 15 is 0 Å². The Bertz CT molecular complexity index is 835. The van der Waals surface area contributed by atoms with Gasteiger partial charge in [-0.15, -0.1) is 0 Å². The van der Waals surface area contributed by atoms with Crippen LogP contribution in [0.5, 0.6) is 0 Å². The molecule has 0 spiro atoms. The van der Waals surface area contributed by atoms with E-state index in [0.717, 1.165) is 0 Å². The van der Waals surface area contributed by atoms with Crippen LogP contribution in [0.1, 0.15) is 28.9 Å². The summed E-state index contributed by atoms with van der Waals surface area (Å²) in [5, 5.41) is 2.77. The Kier molecular flexibility index (Phi) is 5.49. The molecule has 0 saturated carbocycles. The van der Waals surface area contributed by atoms with Crippen LogP contribution in [-0.2, 0) is 23.1 Å². The third-order valence-electron chi connectivity index (χ3n) is 4.60. The molecule has 0 unspecified atom stereocenters. The molecule has 0 bridgehead atoms. The molecule has 27 heavy (non-hydrogen) atoms. The minimum absolute atomic E-state index is 0.186. The van der Waals surface area contributed by atoms with E-state index in [1.165, 1.54) is 11.2 Å². The van der Waals surface area contributed by atoms with Gasteiger partial charge in [-0.2, -0.15) is 0 Å². The first-order valence-corrected chi connectivity index (χ1v) is 8.73. The van der Waals surface area contributed by atoms with Gasteiger partial charge >= 0.3 is 0 Å². The first-order chi connectivity index (χ1) is 13.0.